The molecule has 0 atom stereocenters. The lowest BCUT2D eigenvalue weighted by atomic mass is 10.2. The number of hydrogen-bond acceptors (Lipinski definition) is 5. The van der Waals surface area contributed by atoms with Crippen LogP contribution in [0.1, 0.15) is 38.1 Å². The van der Waals surface area contributed by atoms with Crippen molar-refractivity contribution in [1.82, 2.24) is 4.31 Å². The second-order valence-corrected chi connectivity index (χ2v) is 9.57. The molecule has 0 heterocycles. The Balaban J connectivity index is 2.29. The van der Waals surface area contributed by atoms with Crippen molar-refractivity contribution < 1.29 is 22.7 Å². The molecule has 170 valence electrons. The first-order valence-electron chi connectivity index (χ1n) is 10.1. The Hall–Kier alpha value is -2.29. The number of rotatable bonds is 10. The lowest BCUT2D eigenvalue weighted by molar-refractivity contribution is 0.102. The second kappa shape index (κ2) is 10.8. The second-order valence-electron chi connectivity index (χ2n) is 7.26. The molecule has 0 unspecified atom stereocenters. The molecule has 2 aromatic rings. The first-order chi connectivity index (χ1) is 14.6. The van der Waals surface area contributed by atoms with Gasteiger partial charge in [0.05, 0.1) is 18.7 Å². The van der Waals surface area contributed by atoms with Gasteiger partial charge in [-0.25, -0.2) is 8.42 Å². The molecule has 2 rings (SSSR count). The van der Waals surface area contributed by atoms with Crippen molar-refractivity contribution in [3.8, 4) is 11.5 Å². The summed E-state index contributed by atoms with van der Waals surface area (Å²) in [5, 5.41) is 3.11. The van der Waals surface area contributed by atoms with Crippen molar-refractivity contribution in [2.45, 2.75) is 32.6 Å². The van der Waals surface area contributed by atoms with Gasteiger partial charge in [0.1, 0.15) is 16.4 Å². The number of nitrogens with one attached hydrogen (secondary N) is 1. The van der Waals surface area contributed by atoms with Gasteiger partial charge in [-0.3, -0.25) is 4.79 Å². The Morgan fingerprint density at radius 1 is 1.10 bits per heavy atom. The van der Waals surface area contributed by atoms with Crippen molar-refractivity contribution in [3.63, 3.8) is 0 Å². The van der Waals surface area contributed by atoms with E-state index in [1.807, 2.05) is 13.8 Å². The molecule has 0 aliphatic carbocycles. The number of halogens is 1. The fourth-order valence-corrected chi connectivity index (χ4v) is 4.75. The van der Waals surface area contributed by atoms with Crippen LogP contribution >= 0.6 is 11.6 Å². The van der Waals surface area contributed by atoms with Crippen LogP contribution in [0.2, 0.25) is 5.02 Å². The molecule has 2 aromatic carbocycles. The summed E-state index contributed by atoms with van der Waals surface area (Å²) in [4.78, 5) is 12.7. The number of carbonyl (C=O) groups is 1. The van der Waals surface area contributed by atoms with Crippen LogP contribution in [0.15, 0.2) is 41.3 Å². The first kappa shape index (κ1) is 25.0. The van der Waals surface area contributed by atoms with E-state index in [-0.39, 0.29) is 16.2 Å². The molecule has 1 amide bonds. The molecule has 0 saturated carbocycles. The average molecular weight is 469 g/mol. The summed E-state index contributed by atoms with van der Waals surface area (Å²) < 4.78 is 38.1. The van der Waals surface area contributed by atoms with Crippen LogP contribution in [0.25, 0.3) is 0 Å². The maximum Gasteiger partial charge on any atom is 0.255 e. The lowest BCUT2D eigenvalue weighted by Crippen LogP contribution is -2.31. The monoisotopic (exact) mass is 468 g/mol. The topological polar surface area (TPSA) is 84.9 Å². The highest BCUT2D eigenvalue weighted by atomic mass is 35.5. The summed E-state index contributed by atoms with van der Waals surface area (Å²) in [7, 11) is -2.42. The van der Waals surface area contributed by atoms with E-state index in [1.165, 1.54) is 29.6 Å². The van der Waals surface area contributed by atoms with Gasteiger partial charge in [0.25, 0.3) is 5.91 Å². The SMILES string of the molecule is CCN(CC)S(=O)(=O)c1cc(C(=O)Nc2ccc(OCC(C)C)c(Cl)c2)ccc1OC. The maximum atomic E-state index is 13.0. The van der Waals surface area contributed by atoms with Gasteiger partial charge in [-0.15, -0.1) is 0 Å². The predicted octanol–water partition coefficient (Wildman–Crippen LogP) is 4.67. The minimum atomic E-state index is -3.81. The summed E-state index contributed by atoms with van der Waals surface area (Å²) in [6, 6.07) is 9.26. The van der Waals surface area contributed by atoms with Gasteiger partial charge in [0.15, 0.2) is 0 Å². The Morgan fingerprint density at radius 2 is 1.74 bits per heavy atom. The predicted molar refractivity (Wildman–Crippen MR) is 123 cm³/mol. The van der Waals surface area contributed by atoms with Crippen LogP contribution in [-0.2, 0) is 10.0 Å². The number of nitrogens with zero attached hydrogens (tertiary/aromatic N) is 1. The molecule has 9 heteroatoms. The largest absolute Gasteiger partial charge is 0.495 e. The summed E-state index contributed by atoms with van der Waals surface area (Å²) in [5.41, 5.74) is 0.652. The average Bonchev–Trinajstić information content (AvgIpc) is 2.73. The number of hydrogen-bond donors (Lipinski definition) is 1. The lowest BCUT2D eigenvalue weighted by Gasteiger charge is -2.20. The molecule has 31 heavy (non-hydrogen) atoms. The zero-order chi connectivity index (χ0) is 23.2. The fourth-order valence-electron chi connectivity index (χ4n) is 2.88. The molecule has 0 aromatic heterocycles. The molecule has 0 saturated heterocycles. The Kier molecular flexibility index (Phi) is 8.73. The number of anilines is 1. The van der Waals surface area contributed by atoms with Crippen LogP contribution in [0.4, 0.5) is 5.69 Å². The molecule has 7 nitrogen and oxygen atoms in total. The highest BCUT2D eigenvalue weighted by molar-refractivity contribution is 7.89. The Labute approximate surface area is 189 Å². The Bertz CT molecular complexity index is 1020. The summed E-state index contributed by atoms with van der Waals surface area (Å²) >= 11 is 6.26. The van der Waals surface area contributed by atoms with Crippen LogP contribution in [0, 0.1) is 5.92 Å². The molecular weight excluding hydrogens is 440 g/mol. The normalized spacial score (nSPS) is 11.6. The van der Waals surface area contributed by atoms with Crippen LogP contribution in [-0.4, -0.2) is 45.4 Å². The summed E-state index contributed by atoms with van der Waals surface area (Å²) in [5.74, 6) is 0.599. The summed E-state index contributed by atoms with van der Waals surface area (Å²) in [6.45, 7) is 8.72. The van der Waals surface area contributed by atoms with Gasteiger partial charge in [-0.1, -0.05) is 39.3 Å². The van der Waals surface area contributed by atoms with E-state index in [0.29, 0.717) is 42.1 Å². The highest BCUT2D eigenvalue weighted by Gasteiger charge is 2.27. The van der Waals surface area contributed by atoms with E-state index >= 15 is 0 Å². The van der Waals surface area contributed by atoms with Gasteiger partial charge in [0, 0.05) is 24.3 Å². The van der Waals surface area contributed by atoms with E-state index in [9.17, 15) is 13.2 Å². The van der Waals surface area contributed by atoms with E-state index < -0.39 is 15.9 Å². The smallest absolute Gasteiger partial charge is 0.255 e. The van der Waals surface area contributed by atoms with Gasteiger partial charge in [-0.2, -0.15) is 4.31 Å². The molecule has 0 spiro atoms. The van der Waals surface area contributed by atoms with Gasteiger partial charge >= 0.3 is 0 Å². The molecule has 0 aliphatic rings. The third kappa shape index (κ3) is 6.12. The van der Waals surface area contributed by atoms with Crippen molar-refractivity contribution in [1.29, 1.82) is 0 Å². The molecule has 1 N–H and O–H groups in total. The van der Waals surface area contributed by atoms with Crippen LogP contribution < -0.4 is 14.8 Å². The number of ether oxygens (including phenoxy) is 2. The van der Waals surface area contributed by atoms with E-state index in [2.05, 4.69) is 5.32 Å². The molecule has 0 aliphatic heterocycles. The number of amides is 1. The number of benzene rings is 2. The number of carbonyl (C=O) groups excluding carboxylic acids is 1. The third-order valence-electron chi connectivity index (χ3n) is 4.51. The van der Waals surface area contributed by atoms with Crippen LogP contribution in [0.3, 0.4) is 0 Å². The third-order valence-corrected chi connectivity index (χ3v) is 6.88. The van der Waals surface area contributed by atoms with E-state index in [4.69, 9.17) is 21.1 Å². The van der Waals surface area contributed by atoms with Crippen molar-refractivity contribution >= 4 is 33.2 Å². The number of sulfonamides is 1. The van der Waals surface area contributed by atoms with Crippen molar-refractivity contribution in [2.24, 2.45) is 5.92 Å². The Morgan fingerprint density at radius 3 is 2.29 bits per heavy atom. The summed E-state index contributed by atoms with van der Waals surface area (Å²) in [6.07, 6.45) is 0. The molecular formula is C22H29ClN2O5S. The van der Waals surface area contributed by atoms with Gasteiger partial charge < -0.3 is 14.8 Å². The van der Waals surface area contributed by atoms with E-state index in [0.717, 1.165) is 0 Å². The highest BCUT2D eigenvalue weighted by Crippen LogP contribution is 2.30. The fraction of sp³-hybridized carbons (Fsp3) is 0.409. The quantitative estimate of drug-likeness (QED) is 0.547. The van der Waals surface area contributed by atoms with Gasteiger partial charge in [-0.05, 0) is 42.3 Å². The van der Waals surface area contributed by atoms with E-state index in [1.54, 1.807) is 32.0 Å². The minimum Gasteiger partial charge on any atom is -0.495 e. The zero-order valence-electron chi connectivity index (χ0n) is 18.4. The van der Waals surface area contributed by atoms with Crippen molar-refractivity contribution in [2.75, 3.05) is 32.1 Å². The molecule has 0 radical (unpaired) electrons. The van der Waals surface area contributed by atoms with Gasteiger partial charge in [0.2, 0.25) is 10.0 Å². The standard InChI is InChI=1S/C22H29ClN2O5S/c1-6-25(7-2)31(27,28)21-12-16(8-10-20(21)29-5)22(26)24-17-9-11-19(18(23)13-17)30-14-15(3)4/h8-13,15H,6-7,14H2,1-5H3,(H,24,26). The maximum absolute atomic E-state index is 13.0. The molecule has 0 fully saturated rings. The van der Waals surface area contributed by atoms with Crippen LogP contribution in [0.5, 0.6) is 11.5 Å². The van der Waals surface area contributed by atoms with Crippen molar-refractivity contribution in [3.05, 3.63) is 47.0 Å². The zero-order valence-corrected chi connectivity index (χ0v) is 20.0. The first-order valence-corrected chi connectivity index (χ1v) is 11.9. The molecule has 0 bridgehead atoms. The number of methoxy groups -OCH3 is 1. The minimum absolute atomic E-state index is 0.0539.